The fourth-order valence-corrected chi connectivity index (χ4v) is 7.52. The van der Waals surface area contributed by atoms with E-state index in [4.69, 9.17) is 0 Å². The average Bonchev–Trinajstić information content (AvgIpc) is 3.29. The van der Waals surface area contributed by atoms with Crippen LogP contribution in [-0.4, -0.2) is 66.4 Å². The molecular formula is C31H26Br2N2O3. The summed E-state index contributed by atoms with van der Waals surface area (Å²) in [6, 6.07) is 22.7. The molecule has 5 nitrogen and oxygen atoms in total. The minimum Gasteiger partial charge on any atom is -0.301 e. The van der Waals surface area contributed by atoms with Gasteiger partial charge < -0.3 is 4.90 Å². The van der Waals surface area contributed by atoms with Gasteiger partial charge in [-0.25, -0.2) is 0 Å². The molecular weight excluding hydrogens is 608 g/mol. The van der Waals surface area contributed by atoms with E-state index in [1.807, 2.05) is 73.6 Å². The van der Waals surface area contributed by atoms with Crippen molar-refractivity contribution in [1.29, 1.82) is 0 Å². The largest absolute Gasteiger partial charge is 0.301 e. The predicted octanol–water partition coefficient (Wildman–Crippen LogP) is 5.64. The average molecular weight is 634 g/mol. The molecule has 0 N–H and O–H groups in total. The van der Waals surface area contributed by atoms with E-state index in [9.17, 15) is 14.4 Å². The van der Waals surface area contributed by atoms with Gasteiger partial charge in [-0.2, -0.15) is 0 Å². The van der Waals surface area contributed by atoms with Crippen LogP contribution in [0.5, 0.6) is 0 Å². The zero-order chi connectivity index (χ0) is 26.8. The standard InChI is InChI=1S/C31H26Br2N2O3/c1-34-16-21(15-19-7-11-22(32)12-8-19)27(36)30(18-34)26(20-9-13-23(33)14-10-20)17-35(2)31(30)28(37)24-5-3-4-6-25(24)29(31)38/h3-15,26H,16-18H2,1-2H3/b21-15+/t26-,30+/m0/s1. The van der Waals surface area contributed by atoms with E-state index < -0.39 is 11.0 Å². The number of hydrogen-bond donors (Lipinski definition) is 0. The number of carbonyl (C=O) groups is 3. The molecule has 0 radical (unpaired) electrons. The van der Waals surface area contributed by atoms with Crippen LogP contribution in [0.25, 0.3) is 6.08 Å². The van der Waals surface area contributed by atoms with Crippen molar-refractivity contribution in [3.63, 3.8) is 0 Å². The van der Waals surface area contributed by atoms with Gasteiger partial charge in [0.2, 0.25) is 0 Å². The smallest absolute Gasteiger partial charge is 0.192 e. The Hall–Kier alpha value is -2.71. The van der Waals surface area contributed by atoms with Crippen LogP contribution in [0.3, 0.4) is 0 Å². The first-order chi connectivity index (χ1) is 18.2. The predicted molar refractivity (Wildman–Crippen MR) is 154 cm³/mol. The van der Waals surface area contributed by atoms with Gasteiger partial charge in [-0.15, -0.1) is 0 Å². The molecule has 0 amide bonds. The summed E-state index contributed by atoms with van der Waals surface area (Å²) in [6.45, 7) is 1.16. The van der Waals surface area contributed by atoms with Crippen molar-refractivity contribution in [1.82, 2.24) is 9.80 Å². The van der Waals surface area contributed by atoms with E-state index in [0.29, 0.717) is 36.3 Å². The molecule has 1 aliphatic carbocycles. The normalized spacial score (nSPS) is 26.2. The van der Waals surface area contributed by atoms with E-state index in [-0.39, 0.29) is 23.3 Å². The fourth-order valence-electron chi connectivity index (χ4n) is 6.99. The number of fused-ring (bicyclic) bond motifs is 2. The number of benzene rings is 3. The second kappa shape index (κ2) is 9.19. The summed E-state index contributed by atoms with van der Waals surface area (Å²) >= 11 is 6.99. The van der Waals surface area contributed by atoms with Gasteiger partial charge in [0.1, 0.15) is 0 Å². The van der Waals surface area contributed by atoms with Crippen LogP contribution in [0.15, 0.2) is 87.3 Å². The number of Topliss-reactive ketones (excluding diaryl/α,β-unsaturated/α-hetero) is 3. The monoisotopic (exact) mass is 632 g/mol. The molecule has 6 rings (SSSR count). The molecule has 3 aromatic rings. The molecule has 7 heteroatoms. The summed E-state index contributed by atoms with van der Waals surface area (Å²) in [5, 5.41) is 0. The van der Waals surface area contributed by atoms with Crippen LogP contribution < -0.4 is 0 Å². The van der Waals surface area contributed by atoms with E-state index in [1.165, 1.54) is 0 Å². The number of ketones is 3. The first kappa shape index (κ1) is 25.6. The second-order valence-corrected chi connectivity index (χ2v) is 12.4. The molecule has 2 heterocycles. The van der Waals surface area contributed by atoms with Crippen LogP contribution in [0.2, 0.25) is 0 Å². The van der Waals surface area contributed by atoms with Crippen molar-refractivity contribution in [2.24, 2.45) is 5.41 Å². The highest BCUT2D eigenvalue weighted by Gasteiger charge is 2.77. The summed E-state index contributed by atoms with van der Waals surface area (Å²) in [7, 11) is 3.79. The lowest BCUT2D eigenvalue weighted by Gasteiger charge is -2.50. The molecule has 2 fully saturated rings. The molecule has 38 heavy (non-hydrogen) atoms. The molecule has 0 unspecified atom stereocenters. The summed E-state index contributed by atoms with van der Waals surface area (Å²) in [4.78, 5) is 47.7. The number of likely N-dealkylation sites (tertiary alicyclic amines) is 2. The maximum atomic E-state index is 14.9. The van der Waals surface area contributed by atoms with Gasteiger partial charge in [0.15, 0.2) is 22.9 Å². The summed E-state index contributed by atoms with van der Waals surface area (Å²) in [5.41, 5.74) is 0.347. The molecule has 0 aromatic heterocycles. The van der Waals surface area contributed by atoms with Gasteiger partial charge in [-0.05, 0) is 55.6 Å². The quantitative estimate of drug-likeness (QED) is 0.270. The Labute approximate surface area is 238 Å². The first-order valence-electron chi connectivity index (χ1n) is 12.5. The minimum atomic E-state index is -1.61. The molecule has 192 valence electrons. The Morgan fingerprint density at radius 2 is 1.34 bits per heavy atom. The van der Waals surface area contributed by atoms with Gasteiger partial charge in [0, 0.05) is 51.2 Å². The Bertz CT molecular complexity index is 1480. The molecule has 2 spiro atoms. The van der Waals surface area contributed by atoms with E-state index in [0.717, 1.165) is 20.1 Å². The number of rotatable bonds is 2. The van der Waals surface area contributed by atoms with Crippen LogP contribution >= 0.6 is 31.9 Å². The highest BCUT2D eigenvalue weighted by atomic mass is 79.9. The van der Waals surface area contributed by atoms with Crippen molar-refractivity contribution < 1.29 is 14.4 Å². The third kappa shape index (κ3) is 3.45. The maximum absolute atomic E-state index is 14.9. The molecule has 2 aliphatic heterocycles. The van der Waals surface area contributed by atoms with Crippen LogP contribution in [0, 0.1) is 5.41 Å². The van der Waals surface area contributed by atoms with Crippen molar-refractivity contribution in [2.75, 3.05) is 33.7 Å². The maximum Gasteiger partial charge on any atom is 0.192 e. The van der Waals surface area contributed by atoms with Gasteiger partial charge >= 0.3 is 0 Å². The van der Waals surface area contributed by atoms with Gasteiger partial charge in [0.05, 0.1) is 5.41 Å². The fraction of sp³-hybridized carbons (Fsp3) is 0.258. The van der Waals surface area contributed by atoms with Crippen molar-refractivity contribution >= 4 is 55.3 Å². The molecule has 0 saturated carbocycles. The zero-order valence-electron chi connectivity index (χ0n) is 21.1. The Morgan fingerprint density at radius 1 is 0.789 bits per heavy atom. The number of piperidine rings is 1. The van der Waals surface area contributed by atoms with E-state index in [1.54, 1.807) is 24.3 Å². The number of nitrogens with zero attached hydrogens (tertiary/aromatic N) is 2. The van der Waals surface area contributed by atoms with Crippen molar-refractivity contribution in [3.05, 3.63) is 110 Å². The molecule has 2 saturated heterocycles. The van der Waals surface area contributed by atoms with Crippen LogP contribution in [-0.2, 0) is 4.79 Å². The summed E-state index contributed by atoms with van der Waals surface area (Å²) < 4.78 is 1.88. The topological polar surface area (TPSA) is 57.7 Å². The lowest BCUT2D eigenvalue weighted by molar-refractivity contribution is -0.132. The van der Waals surface area contributed by atoms with Gasteiger partial charge in [0.25, 0.3) is 0 Å². The van der Waals surface area contributed by atoms with E-state index >= 15 is 0 Å². The third-order valence-electron chi connectivity index (χ3n) is 8.48. The number of carbonyl (C=O) groups excluding carboxylic acids is 3. The number of halogens is 2. The lowest BCUT2D eigenvalue weighted by atomic mass is 9.56. The van der Waals surface area contributed by atoms with E-state index in [2.05, 4.69) is 36.8 Å². The number of hydrogen-bond acceptors (Lipinski definition) is 5. The van der Waals surface area contributed by atoms with Gasteiger partial charge in [-0.3, -0.25) is 19.3 Å². The Kier molecular flexibility index (Phi) is 6.18. The second-order valence-electron chi connectivity index (χ2n) is 10.6. The lowest BCUT2D eigenvalue weighted by Crippen LogP contribution is -2.69. The first-order valence-corrected chi connectivity index (χ1v) is 14.1. The third-order valence-corrected chi connectivity index (χ3v) is 9.54. The molecule has 3 aromatic carbocycles. The Balaban J connectivity index is 1.61. The Morgan fingerprint density at radius 3 is 1.92 bits per heavy atom. The molecule has 2 atom stereocenters. The SMILES string of the molecule is CN1C/C(=C\c2ccc(Br)cc2)C(=O)[C@@]2(C1)[C@H](c1ccc(Br)cc1)CN(C)C21C(=O)c2ccccc2C1=O. The highest BCUT2D eigenvalue weighted by molar-refractivity contribution is 9.10. The summed E-state index contributed by atoms with van der Waals surface area (Å²) in [6.07, 6.45) is 1.91. The zero-order valence-corrected chi connectivity index (χ0v) is 24.3. The van der Waals surface area contributed by atoms with Crippen LogP contribution in [0.1, 0.15) is 37.8 Å². The van der Waals surface area contributed by atoms with Crippen molar-refractivity contribution in [2.45, 2.75) is 11.5 Å². The molecule has 3 aliphatic rings. The highest BCUT2D eigenvalue weighted by Crippen LogP contribution is 2.60. The summed E-state index contributed by atoms with van der Waals surface area (Å²) in [5.74, 6) is -1.02. The molecule has 0 bridgehead atoms. The van der Waals surface area contributed by atoms with Gasteiger partial charge in [-0.1, -0.05) is 80.4 Å². The minimum absolute atomic E-state index is 0.120. The van der Waals surface area contributed by atoms with Crippen molar-refractivity contribution in [3.8, 4) is 0 Å². The van der Waals surface area contributed by atoms with Crippen LogP contribution in [0.4, 0.5) is 0 Å². The number of likely N-dealkylation sites (N-methyl/N-ethyl adjacent to an activating group) is 2.